The lowest BCUT2D eigenvalue weighted by atomic mass is 9.86. The molecular formula is C17H26F3N. The molecule has 1 rings (SSSR count). The van der Waals surface area contributed by atoms with E-state index in [-0.39, 0.29) is 11.5 Å². The van der Waals surface area contributed by atoms with Gasteiger partial charge in [-0.15, -0.1) is 0 Å². The molecule has 0 radical (unpaired) electrons. The van der Waals surface area contributed by atoms with E-state index in [1.165, 1.54) is 12.1 Å². The van der Waals surface area contributed by atoms with Crippen molar-refractivity contribution in [3.8, 4) is 0 Å². The molecule has 0 spiro atoms. The van der Waals surface area contributed by atoms with Crippen LogP contribution in [0.25, 0.3) is 0 Å². The van der Waals surface area contributed by atoms with Crippen molar-refractivity contribution in [3.63, 3.8) is 0 Å². The maximum Gasteiger partial charge on any atom is 0.416 e. The van der Waals surface area contributed by atoms with Gasteiger partial charge in [0.2, 0.25) is 0 Å². The molecule has 0 aromatic heterocycles. The second-order valence-electron chi connectivity index (χ2n) is 6.69. The second-order valence-corrected chi connectivity index (χ2v) is 6.69. The zero-order chi connectivity index (χ0) is 16.1. The summed E-state index contributed by atoms with van der Waals surface area (Å²) in [5.41, 5.74) is -0.0468. The molecule has 120 valence electrons. The first-order valence-electron chi connectivity index (χ1n) is 7.54. The predicted molar refractivity (Wildman–Crippen MR) is 81.2 cm³/mol. The van der Waals surface area contributed by atoms with E-state index in [1.807, 2.05) is 6.92 Å². The van der Waals surface area contributed by atoms with Gasteiger partial charge in [-0.2, -0.15) is 13.2 Å². The van der Waals surface area contributed by atoms with Crippen LogP contribution in [0.4, 0.5) is 13.2 Å². The van der Waals surface area contributed by atoms with E-state index < -0.39 is 11.7 Å². The Balaban J connectivity index is 3.02. The van der Waals surface area contributed by atoms with Gasteiger partial charge in [-0.05, 0) is 42.9 Å². The highest BCUT2D eigenvalue weighted by atomic mass is 19.4. The first-order valence-corrected chi connectivity index (χ1v) is 7.54. The molecule has 1 aromatic carbocycles. The van der Waals surface area contributed by atoms with Crippen LogP contribution >= 0.6 is 0 Å². The highest BCUT2D eigenvalue weighted by Gasteiger charge is 2.34. The average Bonchev–Trinajstić information content (AvgIpc) is 2.37. The minimum absolute atomic E-state index is 0.110. The van der Waals surface area contributed by atoms with Crippen molar-refractivity contribution in [2.24, 2.45) is 5.41 Å². The average molecular weight is 301 g/mol. The normalized spacial score (nSPS) is 14.2. The Hall–Kier alpha value is -1.03. The highest BCUT2D eigenvalue weighted by molar-refractivity contribution is 5.32. The molecule has 1 atom stereocenters. The fraction of sp³-hybridized carbons (Fsp3) is 0.647. The summed E-state index contributed by atoms with van der Waals surface area (Å²) >= 11 is 0. The number of rotatable bonds is 6. The molecule has 21 heavy (non-hydrogen) atoms. The number of hydrogen-bond donors (Lipinski definition) is 1. The summed E-state index contributed by atoms with van der Waals surface area (Å²) < 4.78 is 39.5. The van der Waals surface area contributed by atoms with Gasteiger partial charge in [-0.25, -0.2) is 0 Å². The SMILES string of the molecule is CCCNC(CCC(C)(C)C)c1ccccc1C(F)(F)F. The highest BCUT2D eigenvalue weighted by Crippen LogP contribution is 2.37. The Labute approximate surface area is 125 Å². The zero-order valence-corrected chi connectivity index (χ0v) is 13.3. The van der Waals surface area contributed by atoms with Crippen LogP contribution in [0.3, 0.4) is 0 Å². The van der Waals surface area contributed by atoms with Crippen LogP contribution < -0.4 is 5.32 Å². The molecule has 1 nitrogen and oxygen atoms in total. The van der Waals surface area contributed by atoms with Crippen LogP contribution in [0, 0.1) is 5.41 Å². The van der Waals surface area contributed by atoms with E-state index in [2.05, 4.69) is 26.1 Å². The summed E-state index contributed by atoms with van der Waals surface area (Å²) in [5, 5.41) is 3.27. The largest absolute Gasteiger partial charge is 0.416 e. The maximum atomic E-state index is 13.2. The van der Waals surface area contributed by atoms with Crippen LogP contribution in [0.5, 0.6) is 0 Å². The van der Waals surface area contributed by atoms with Gasteiger partial charge in [0.15, 0.2) is 0 Å². The van der Waals surface area contributed by atoms with Gasteiger partial charge in [-0.1, -0.05) is 45.9 Å². The minimum atomic E-state index is -4.30. The number of alkyl halides is 3. The van der Waals surface area contributed by atoms with Crippen molar-refractivity contribution < 1.29 is 13.2 Å². The Bertz CT molecular complexity index is 432. The third-order valence-electron chi connectivity index (χ3n) is 3.47. The van der Waals surface area contributed by atoms with Crippen LogP contribution in [0.2, 0.25) is 0 Å². The lowest BCUT2D eigenvalue weighted by Crippen LogP contribution is -2.26. The Kier molecular flexibility index (Phi) is 6.26. The minimum Gasteiger partial charge on any atom is -0.310 e. The molecule has 0 heterocycles. The molecule has 1 N–H and O–H groups in total. The molecule has 1 unspecified atom stereocenters. The third kappa shape index (κ3) is 6.08. The summed E-state index contributed by atoms with van der Waals surface area (Å²) in [6, 6.07) is 5.66. The van der Waals surface area contributed by atoms with Crippen molar-refractivity contribution in [2.75, 3.05) is 6.54 Å². The fourth-order valence-corrected chi connectivity index (χ4v) is 2.32. The first kappa shape index (κ1) is 18.0. The summed E-state index contributed by atoms with van der Waals surface area (Å²) in [6.45, 7) is 9.07. The molecule has 0 bridgehead atoms. The molecule has 0 aliphatic carbocycles. The smallest absolute Gasteiger partial charge is 0.310 e. The maximum absolute atomic E-state index is 13.2. The Morgan fingerprint density at radius 1 is 1.10 bits per heavy atom. The molecule has 0 fully saturated rings. The Morgan fingerprint density at radius 3 is 2.24 bits per heavy atom. The van der Waals surface area contributed by atoms with Crippen LogP contribution in [-0.2, 0) is 6.18 Å². The fourth-order valence-electron chi connectivity index (χ4n) is 2.32. The van der Waals surface area contributed by atoms with Crippen LogP contribution in [-0.4, -0.2) is 6.54 Å². The molecular weight excluding hydrogens is 275 g/mol. The van der Waals surface area contributed by atoms with Crippen molar-refractivity contribution in [2.45, 2.75) is 59.2 Å². The van der Waals surface area contributed by atoms with Crippen molar-refractivity contribution in [3.05, 3.63) is 35.4 Å². The summed E-state index contributed by atoms with van der Waals surface area (Å²) in [6.07, 6.45) is -1.82. The summed E-state index contributed by atoms with van der Waals surface area (Å²) in [5.74, 6) is 0. The monoisotopic (exact) mass is 301 g/mol. The molecule has 1 aromatic rings. The van der Waals surface area contributed by atoms with E-state index >= 15 is 0 Å². The van der Waals surface area contributed by atoms with Crippen LogP contribution in [0.15, 0.2) is 24.3 Å². The quantitative estimate of drug-likeness (QED) is 0.724. The number of benzene rings is 1. The predicted octanol–water partition coefficient (Wildman–Crippen LogP) is 5.57. The van der Waals surface area contributed by atoms with Gasteiger partial charge < -0.3 is 5.32 Å². The van der Waals surface area contributed by atoms with Gasteiger partial charge in [-0.3, -0.25) is 0 Å². The van der Waals surface area contributed by atoms with E-state index in [9.17, 15) is 13.2 Å². The van der Waals surface area contributed by atoms with E-state index in [1.54, 1.807) is 12.1 Å². The van der Waals surface area contributed by atoms with Crippen molar-refractivity contribution in [1.82, 2.24) is 5.32 Å². The molecule has 0 saturated heterocycles. The van der Waals surface area contributed by atoms with Gasteiger partial charge in [0.1, 0.15) is 0 Å². The molecule has 0 aliphatic heterocycles. The zero-order valence-electron chi connectivity index (χ0n) is 13.3. The molecule has 0 aliphatic rings. The van der Waals surface area contributed by atoms with Gasteiger partial charge >= 0.3 is 6.18 Å². The lowest BCUT2D eigenvalue weighted by molar-refractivity contribution is -0.138. The Morgan fingerprint density at radius 2 is 1.71 bits per heavy atom. The van der Waals surface area contributed by atoms with Gasteiger partial charge in [0.25, 0.3) is 0 Å². The number of hydrogen-bond acceptors (Lipinski definition) is 1. The molecule has 4 heteroatoms. The third-order valence-corrected chi connectivity index (χ3v) is 3.47. The number of nitrogens with one attached hydrogen (secondary N) is 1. The molecule has 0 amide bonds. The summed E-state index contributed by atoms with van der Waals surface area (Å²) in [7, 11) is 0. The summed E-state index contributed by atoms with van der Waals surface area (Å²) in [4.78, 5) is 0. The van der Waals surface area contributed by atoms with E-state index in [0.29, 0.717) is 12.0 Å². The van der Waals surface area contributed by atoms with Gasteiger partial charge in [0.05, 0.1) is 5.56 Å². The standard InChI is InChI=1S/C17H26F3N/c1-5-12-21-15(10-11-16(2,3)4)13-8-6-7-9-14(13)17(18,19)20/h6-9,15,21H,5,10-12H2,1-4H3. The number of halogens is 3. The van der Waals surface area contributed by atoms with E-state index in [4.69, 9.17) is 0 Å². The van der Waals surface area contributed by atoms with E-state index in [0.717, 1.165) is 19.4 Å². The van der Waals surface area contributed by atoms with Gasteiger partial charge in [0, 0.05) is 6.04 Å². The van der Waals surface area contributed by atoms with Crippen molar-refractivity contribution >= 4 is 0 Å². The topological polar surface area (TPSA) is 12.0 Å². The van der Waals surface area contributed by atoms with Crippen LogP contribution in [0.1, 0.15) is 64.1 Å². The lowest BCUT2D eigenvalue weighted by Gasteiger charge is -2.26. The van der Waals surface area contributed by atoms with Crippen molar-refractivity contribution in [1.29, 1.82) is 0 Å². The second kappa shape index (κ2) is 7.30. The first-order chi connectivity index (χ1) is 9.65. The molecule has 0 saturated carbocycles.